The molecule has 0 aromatic heterocycles. The maximum atomic E-state index is 11.8. The van der Waals surface area contributed by atoms with E-state index in [1.54, 1.807) is 0 Å². The minimum atomic E-state index is -4.40. The molecule has 1 aromatic carbocycles. The van der Waals surface area contributed by atoms with Crippen molar-refractivity contribution in [1.29, 1.82) is 0 Å². The average Bonchev–Trinajstić information content (AvgIpc) is 2.26. The van der Waals surface area contributed by atoms with Crippen molar-refractivity contribution in [3.8, 4) is 5.75 Å². The molecule has 1 rings (SSSR count). The van der Waals surface area contributed by atoms with E-state index < -0.39 is 18.8 Å². The van der Waals surface area contributed by atoms with Gasteiger partial charge in [-0.15, -0.1) is 0 Å². The highest BCUT2D eigenvalue weighted by Crippen LogP contribution is 2.24. The average molecular weight is 279 g/mol. The summed E-state index contributed by atoms with van der Waals surface area (Å²) in [7, 11) is 0. The van der Waals surface area contributed by atoms with Crippen LogP contribution in [0.2, 0.25) is 0 Å². The lowest BCUT2D eigenvalue weighted by atomic mass is 10.1. The quantitative estimate of drug-likeness (QED) is 0.614. The first-order valence-electron chi connectivity index (χ1n) is 5.20. The Balaban J connectivity index is 2.50. The van der Waals surface area contributed by atoms with Gasteiger partial charge in [-0.2, -0.15) is 13.2 Å². The summed E-state index contributed by atoms with van der Waals surface area (Å²) >= 11 is 0. The predicted octanol–water partition coefficient (Wildman–Crippen LogP) is 1.92. The lowest BCUT2D eigenvalue weighted by Crippen LogP contribution is -2.19. The highest BCUT2D eigenvalue weighted by Gasteiger charge is 2.27. The van der Waals surface area contributed by atoms with Gasteiger partial charge in [0.1, 0.15) is 24.5 Å². The van der Waals surface area contributed by atoms with E-state index in [2.05, 4.69) is 4.74 Å². The number of benzene rings is 1. The van der Waals surface area contributed by atoms with E-state index in [9.17, 15) is 18.0 Å². The summed E-state index contributed by atoms with van der Waals surface area (Å²) in [6.07, 6.45) is -4.40. The molecule has 0 radical (unpaired) electrons. The maximum Gasteiger partial charge on any atom is 0.411 e. The van der Waals surface area contributed by atoms with Gasteiger partial charge in [0, 0.05) is 5.69 Å². The first-order chi connectivity index (χ1) is 8.81. The number of carbonyl (C=O) groups is 1. The van der Waals surface area contributed by atoms with Crippen LogP contribution >= 0.6 is 0 Å². The number of aromatic carboxylic acids is 1. The highest BCUT2D eigenvalue weighted by molar-refractivity contribution is 5.96. The van der Waals surface area contributed by atoms with Gasteiger partial charge in [0.05, 0.1) is 6.61 Å². The van der Waals surface area contributed by atoms with Crippen LogP contribution in [0.1, 0.15) is 10.4 Å². The Kier molecular flexibility index (Phi) is 4.99. The number of alkyl halides is 3. The molecule has 0 amide bonds. The standard InChI is InChI=1S/C11H12F3NO4/c12-11(13,14)6-18-4-5-19-8-3-1-2-7(15)9(8)10(16)17/h1-3H,4-6,15H2,(H,16,17). The lowest BCUT2D eigenvalue weighted by Gasteiger charge is -2.11. The molecule has 0 heterocycles. The smallest absolute Gasteiger partial charge is 0.411 e. The molecule has 106 valence electrons. The van der Waals surface area contributed by atoms with Crippen LogP contribution in [-0.2, 0) is 4.74 Å². The van der Waals surface area contributed by atoms with Crippen molar-refractivity contribution in [2.75, 3.05) is 25.6 Å². The van der Waals surface area contributed by atoms with E-state index in [0.29, 0.717) is 0 Å². The summed E-state index contributed by atoms with van der Waals surface area (Å²) in [5, 5.41) is 8.92. The summed E-state index contributed by atoms with van der Waals surface area (Å²) in [6, 6.07) is 4.23. The molecule has 0 bridgehead atoms. The number of rotatable bonds is 6. The number of ether oxygens (including phenoxy) is 2. The fraction of sp³-hybridized carbons (Fsp3) is 0.364. The number of anilines is 1. The van der Waals surface area contributed by atoms with Gasteiger partial charge in [0.2, 0.25) is 0 Å². The van der Waals surface area contributed by atoms with Crippen LogP contribution in [0.5, 0.6) is 5.75 Å². The predicted molar refractivity (Wildman–Crippen MR) is 60.2 cm³/mol. The van der Waals surface area contributed by atoms with Crippen molar-refractivity contribution in [1.82, 2.24) is 0 Å². The number of halogens is 3. The van der Waals surface area contributed by atoms with Gasteiger partial charge in [-0.3, -0.25) is 0 Å². The Bertz CT molecular complexity index is 448. The molecule has 0 spiro atoms. The van der Waals surface area contributed by atoms with Gasteiger partial charge in [-0.05, 0) is 12.1 Å². The summed E-state index contributed by atoms with van der Waals surface area (Å²) in [4.78, 5) is 10.9. The molecule has 0 aliphatic carbocycles. The van der Waals surface area contributed by atoms with Crippen molar-refractivity contribution in [2.45, 2.75) is 6.18 Å². The zero-order valence-corrected chi connectivity index (χ0v) is 9.74. The molecule has 0 saturated heterocycles. The van der Waals surface area contributed by atoms with Crippen LogP contribution in [0.15, 0.2) is 18.2 Å². The van der Waals surface area contributed by atoms with E-state index in [-0.39, 0.29) is 30.2 Å². The van der Waals surface area contributed by atoms with Gasteiger partial charge in [0.15, 0.2) is 0 Å². The molecular formula is C11H12F3NO4. The summed E-state index contributed by atoms with van der Waals surface area (Å²) in [5.41, 5.74) is 5.26. The Hall–Kier alpha value is -1.96. The van der Waals surface area contributed by atoms with E-state index in [4.69, 9.17) is 15.6 Å². The van der Waals surface area contributed by atoms with Crippen molar-refractivity contribution in [2.24, 2.45) is 0 Å². The van der Waals surface area contributed by atoms with Crippen LogP contribution in [0.3, 0.4) is 0 Å². The van der Waals surface area contributed by atoms with Gasteiger partial charge < -0.3 is 20.3 Å². The molecular weight excluding hydrogens is 267 g/mol. The molecule has 3 N–H and O–H groups in total. The minimum absolute atomic E-state index is 0.0110. The monoisotopic (exact) mass is 279 g/mol. The zero-order valence-electron chi connectivity index (χ0n) is 9.74. The molecule has 5 nitrogen and oxygen atoms in total. The Labute approximate surface area is 106 Å². The first-order valence-corrected chi connectivity index (χ1v) is 5.20. The Morgan fingerprint density at radius 3 is 2.58 bits per heavy atom. The van der Waals surface area contributed by atoms with Crippen molar-refractivity contribution in [3.05, 3.63) is 23.8 Å². The molecule has 0 unspecified atom stereocenters. The number of nitrogen functional groups attached to an aromatic ring is 1. The van der Waals surface area contributed by atoms with E-state index in [1.165, 1.54) is 18.2 Å². The number of hydrogen-bond donors (Lipinski definition) is 2. The number of carboxylic acids is 1. The van der Waals surface area contributed by atoms with Crippen molar-refractivity contribution < 1.29 is 32.5 Å². The molecule has 0 aliphatic rings. The van der Waals surface area contributed by atoms with Crippen LogP contribution < -0.4 is 10.5 Å². The van der Waals surface area contributed by atoms with Gasteiger partial charge in [-0.1, -0.05) is 6.07 Å². The fourth-order valence-electron chi connectivity index (χ4n) is 1.30. The van der Waals surface area contributed by atoms with Crippen molar-refractivity contribution >= 4 is 11.7 Å². The second kappa shape index (κ2) is 6.28. The molecule has 0 fully saturated rings. The normalized spacial score (nSPS) is 11.3. The SMILES string of the molecule is Nc1cccc(OCCOCC(F)(F)F)c1C(=O)O. The molecule has 0 atom stereocenters. The zero-order chi connectivity index (χ0) is 14.5. The summed E-state index contributed by atoms with van der Waals surface area (Å²) in [6.45, 7) is -1.90. The minimum Gasteiger partial charge on any atom is -0.490 e. The molecule has 8 heteroatoms. The third kappa shape index (κ3) is 5.04. The Morgan fingerprint density at radius 2 is 2.00 bits per heavy atom. The van der Waals surface area contributed by atoms with Crippen LogP contribution in [0.25, 0.3) is 0 Å². The van der Waals surface area contributed by atoms with Crippen LogP contribution in [0, 0.1) is 0 Å². The topological polar surface area (TPSA) is 81.8 Å². The number of hydrogen-bond acceptors (Lipinski definition) is 4. The van der Waals surface area contributed by atoms with Gasteiger partial charge >= 0.3 is 12.1 Å². The van der Waals surface area contributed by atoms with Crippen LogP contribution in [0.4, 0.5) is 18.9 Å². The molecule has 19 heavy (non-hydrogen) atoms. The second-order valence-corrected chi connectivity index (χ2v) is 3.54. The first kappa shape index (κ1) is 15.1. The van der Waals surface area contributed by atoms with E-state index in [0.717, 1.165) is 0 Å². The maximum absolute atomic E-state index is 11.8. The number of nitrogens with two attached hydrogens (primary N) is 1. The molecule has 0 aliphatic heterocycles. The van der Waals surface area contributed by atoms with Crippen molar-refractivity contribution in [3.63, 3.8) is 0 Å². The largest absolute Gasteiger partial charge is 0.490 e. The highest BCUT2D eigenvalue weighted by atomic mass is 19.4. The number of carboxylic acid groups (broad SMARTS) is 1. The third-order valence-electron chi connectivity index (χ3n) is 2.02. The third-order valence-corrected chi connectivity index (χ3v) is 2.02. The van der Waals surface area contributed by atoms with E-state index in [1.807, 2.05) is 0 Å². The van der Waals surface area contributed by atoms with E-state index >= 15 is 0 Å². The lowest BCUT2D eigenvalue weighted by molar-refractivity contribution is -0.175. The Morgan fingerprint density at radius 1 is 1.32 bits per heavy atom. The molecule has 0 saturated carbocycles. The summed E-state index contributed by atoms with van der Waals surface area (Å²) < 4.78 is 44.7. The second-order valence-electron chi connectivity index (χ2n) is 3.54. The van der Waals surface area contributed by atoms with Crippen LogP contribution in [-0.4, -0.2) is 37.1 Å². The fourth-order valence-corrected chi connectivity index (χ4v) is 1.30. The van der Waals surface area contributed by atoms with Gasteiger partial charge in [-0.25, -0.2) is 4.79 Å². The molecule has 1 aromatic rings. The summed E-state index contributed by atoms with van der Waals surface area (Å²) in [5.74, 6) is -1.28. The van der Waals surface area contributed by atoms with Gasteiger partial charge in [0.25, 0.3) is 0 Å².